The van der Waals surface area contributed by atoms with Crippen molar-refractivity contribution in [3.05, 3.63) is 96.4 Å². The van der Waals surface area contributed by atoms with Crippen molar-refractivity contribution in [3.8, 4) is 11.4 Å². The number of esters is 1. The third kappa shape index (κ3) is 2.90. The molecule has 0 radical (unpaired) electrons. The Hall–Kier alpha value is -3.40. The van der Waals surface area contributed by atoms with E-state index in [2.05, 4.69) is 0 Å². The summed E-state index contributed by atoms with van der Waals surface area (Å²) in [5.74, 6) is -0.243. The van der Waals surface area contributed by atoms with Gasteiger partial charge in [-0.25, -0.2) is 9.18 Å². The largest absolute Gasteiger partial charge is 0.421 e. The van der Waals surface area contributed by atoms with Crippen LogP contribution in [0.4, 0.5) is 4.39 Å². The Morgan fingerprint density at radius 1 is 0.840 bits per heavy atom. The van der Waals surface area contributed by atoms with Crippen LogP contribution in [-0.4, -0.2) is 10.5 Å². The first-order chi connectivity index (χ1) is 12.2. The standard InChI is InChI=1S/C21H14FNO2/c22-16-10-12-17(13-11-16)23-14-20(18-8-4-5-9-19(18)23)25-21(24)15-6-2-1-3-7-15/h1-14H. The average molecular weight is 331 g/mol. The number of carbonyl (C=O) groups is 1. The summed E-state index contributed by atoms with van der Waals surface area (Å²) in [5, 5.41) is 0.816. The number of ether oxygens (including phenoxy) is 1. The zero-order chi connectivity index (χ0) is 17.2. The minimum atomic E-state index is -0.414. The Labute approximate surface area is 143 Å². The second-order valence-electron chi connectivity index (χ2n) is 5.61. The number of rotatable bonds is 3. The van der Waals surface area contributed by atoms with E-state index in [0.717, 1.165) is 16.6 Å². The molecule has 0 aliphatic carbocycles. The first-order valence-corrected chi connectivity index (χ1v) is 7.85. The molecule has 0 N–H and O–H groups in total. The minimum Gasteiger partial charge on any atom is -0.421 e. The maximum atomic E-state index is 13.2. The lowest BCUT2D eigenvalue weighted by Gasteiger charge is -2.04. The molecule has 3 nitrogen and oxygen atoms in total. The van der Waals surface area contributed by atoms with Crippen LogP contribution in [0.3, 0.4) is 0 Å². The van der Waals surface area contributed by atoms with E-state index in [0.29, 0.717) is 11.3 Å². The van der Waals surface area contributed by atoms with Gasteiger partial charge in [0.1, 0.15) is 5.82 Å². The number of halogens is 1. The molecule has 4 heteroatoms. The maximum absolute atomic E-state index is 13.2. The van der Waals surface area contributed by atoms with Crippen molar-refractivity contribution in [2.45, 2.75) is 0 Å². The molecule has 0 fully saturated rings. The van der Waals surface area contributed by atoms with Crippen molar-refractivity contribution >= 4 is 16.9 Å². The van der Waals surface area contributed by atoms with Gasteiger partial charge in [-0.05, 0) is 48.5 Å². The second kappa shape index (κ2) is 6.24. The Morgan fingerprint density at radius 2 is 1.52 bits per heavy atom. The van der Waals surface area contributed by atoms with Crippen molar-refractivity contribution in [3.63, 3.8) is 0 Å². The number of para-hydroxylation sites is 1. The van der Waals surface area contributed by atoms with Gasteiger partial charge in [0.2, 0.25) is 0 Å². The molecule has 0 atom stereocenters. The number of hydrogen-bond acceptors (Lipinski definition) is 2. The van der Waals surface area contributed by atoms with E-state index < -0.39 is 5.97 Å². The lowest BCUT2D eigenvalue weighted by atomic mass is 10.2. The highest BCUT2D eigenvalue weighted by Gasteiger charge is 2.15. The first-order valence-electron chi connectivity index (χ1n) is 7.85. The number of hydrogen-bond donors (Lipinski definition) is 0. The molecule has 3 aromatic carbocycles. The van der Waals surface area contributed by atoms with Crippen LogP contribution in [0.15, 0.2) is 85.1 Å². The van der Waals surface area contributed by atoms with Crippen LogP contribution >= 0.6 is 0 Å². The fourth-order valence-electron chi connectivity index (χ4n) is 2.78. The molecule has 0 unspecified atom stereocenters. The van der Waals surface area contributed by atoms with Gasteiger partial charge in [0.25, 0.3) is 0 Å². The summed E-state index contributed by atoms with van der Waals surface area (Å²) in [4.78, 5) is 12.4. The molecular weight excluding hydrogens is 317 g/mol. The summed E-state index contributed by atoms with van der Waals surface area (Å²) in [6.45, 7) is 0. The van der Waals surface area contributed by atoms with Crippen LogP contribution in [0.25, 0.3) is 16.6 Å². The average Bonchev–Trinajstić information content (AvgIpc) is 3.02. The van der Waals surface area contributed by atoms with Crippen molar-refractivity contribution in [2.24, 2.45) is 0 Å². The molecule has 0 aliphatic heterocycles. The van der Waals surface area contributed by atoms with Gasteiger partial charge < -0.3 is 9.30 Å². The topological polar surface area (TPSA) is 31.2 Å². The molecule has 0 bridgehead atoms. The normalized spacial score (nSPS) is 10.8. The fourth-order valence-corrected chi connectivity index (χ4v) is 2.78. The molecule has 4 rings (SSSR count). The quantitative estimate of drug-likeness (QED) is 0.495. The summed E-state index contributed by atoms with van der Waals surface area (Å²) in [6.07, 6.45) is 1.75. The van der Waals surface area contributed by atoms with E-state index in [-0.39, 0.29) is 5.82 Å². The van der Waals surface area contributed by atoms with Gasteiger partial charge >= 0.3 is 5.97 Å². The van der Waals surface area contributed by atoms with E-state index in [1.54, 1.807) is 42.6 Å². The van der Waals surface area contributed by atoms with Crippen molar-refractivity contribution in [1.29, 1.82) is 0 Å². The van der Waals surface area contributed by atoms with Crippen molar-refractivity contribution < 1.29 is 13.9 Å². The second-order valence-corrected chi connectivity index (χ2v) is 5.61. The van der Waals surface area contributed by atoms with Crippen LogP contribution in [0.5, 0.6) is 5.75 Å². The molecular formula is C21H14FNO2. The van der Waals surface area contributed by atoms with E-state index in [1.165, 1.54) is 12.1 Å². The predicted octanol–water partition coefficient (Wildman–Crippen LogP) is 4.99. The first kappa shape index (κ1) is 15.1. The number of aromatic nitrogens is 1. The van der Waals surface area contributed by atoms with Crippen LogP contribution in [0.1, 0.15) is 10.4 Å². The zero-order valence-electron chi connectivity index (χ0n) is 13.2. The molecule has 0 saturated carbocycles. The SMILES string of the molecule is O=C(Oc1cn(-c2ccc(F)cc2)c2ccccc12)c1ccccc1. The number of nitrogens with zero attached hydrogens (tertiary/aromatic N) is 1. The van der Waals surface area contributed by atoms with Gasteiger partial charge in [-0.3, -0.25) is 0 Å². The van der Waals surface area contributed by atoms with Gasteiger partial charge in [0, 0.05) is 11.1 Å². The third-order valence-electron chi connectivity index (χ3n) is 3.99. The predicted molar refractivity (Wildman–Crippen MR) is 94.6 cm³/mol. The Kier molecular flexibility index (Phi) is 3.78. The van der Waals surface area contributed by atoms with Gasteiger partial charge in [-0.2, -0.15) is 0 Å². The van der Waals surface area contributed by atoms with E-state index >= 15 is 0 Å². The summed E-state index contributed by atoms with van der Waals surface area (Å²) in [5.41, 5.74) is 2.16. The molecule has 0 saturated heterocycles. The molecule has 0 spiro atoms. The number of carbonyl (C=O) groups excluding carboxylic acids is 1. The summed E-state index contributed by atoms with van der Waals surface area (Å²) >= 11 is 0. The van der Waals surface area contributed by atoms with Gasteiger partial charge in [0.15, 0.2) is 5.75 Å². The molecule has 1 aromatic heterocycles. The zero-order valence-corrected chi connectivity index (χ0v) is 13.2. The number of fused-ring (bicyclic) bond motifs is 1. The lowest BCUT2D eigenvalue weighted by Crippen LogP contribution is -2.07. The number of benzene rings is 3. The Balaban J connectivity index is 1.77. The molecule has 1 heterocycles. The molecule has 0 amide bonds. The van der Waals surface area contributed by atoms with E-state index in [9.17, 15) is 9.18 Å². The lowest BCUT2D eigenvalue weighted by molar-refractivity contribution is 0.0737. The van der Waals surface area contributed by atoms with Crippen molar-refractivity contribution in [2.75, 3.05) is 0 Å². The van der Waals surface area contributed by atoms with E-state index in [1.807, 2.05) is 34.9 Å². The van der Waals surface area contributed by atoms with Crippen molar-refractivity contribution in [1.82, 2.24) is 4.57 Å². The Morgan fingerprint density at radius 3 is 2.28 bits per heavy atom. The van der Waals surface area contributed by atoms with Crippen LogP contribution in [0.2, 0.25) is 0 Å². The maximum Gasteiger partial charge on any atom is 0.343 e. The molecule has 122 valence electrons. The smallest absolute Gasteiger partial charge is 0.343 e. The van der Waals surface area contributed by atoms with Crippen LogP contribution in [-0.2, 0) is 0 Å². The van der Waals surface area contributed by atoms with Gasteiger partial charge in [-0.15, -0.1) is 0 Å². The molecule has 4 aromatic rings. The minimum absolute atomic E-state index is 0.295. The van der Waals surface area contributed by atoms with Crippen LogP contribution in [0, 0.1) is 5.82 Å². The van der Waals surface area contributed by atoms with Crippen LogP contribution < -0.4 is 4.74 Å². The molecule has 0 aliphatic rings. The highest BCUT2D eigenvalue weighted by molar-refractivity contribution is 5.95. The molecule has 25 heavy (non-hydrogen) atoms. The third-order valence-corrected chi connectivity index (χ3v) is 3.99. The highest BCUT2D eigenvalue weighted by atomic mass is 19.1. The summed E-state index contributed by atoms with van der Waals surface area (Å²) in [6, 6.07) is 22.6. The fraction of sp³-hybridized carbons (Fsp3) is 0. The van der Waals surface area contributed by atoms with Gasteiger partial charge in [0.05, 0.1) is 17.3 Å². The van der Waals surface area contributed by atoms with Gasteiger partial charge in [-0.1, -0.05) is 30.3 Å². The van der Waals surface area contributed by atoms with E-state index in [4.69, 9.17) is 4.74 Å². The Bertz CT molecular complexity index is 1040. The summed E-state index contributed by atoms with van der Waals surface area (Å²) in [7, 11) is 0. The monoisotopic (exact) mass is 331 g/mol. The highest BCUT2D eigenvalue weighted by Crippen LogP contribution is 2.31. The summed E-state index contributed by atoms with van der Waals surface area (Å²) < 4.78 is 20.7.